The van der Waals surface area contributed by atoms with Crippen LogP contribution in [0.1, 0.15) is 0 Å². The van der Waals surface area contributed by atoms with Crippen molar-refractivity contribution in [3.8, 4) is 17.1 Å². The lowest BCUT2D eigenvalue weighted by molar-refractivity contribution is 0.167. The normalized spacial score (nSPS) is 10.5. The summed E-state index contributed by atoms with van der Waals surface area (Å²) in [7, 11) is 0. The molecule has 112 valence electrons. The van der Waals surface area contributed by atoms with E-state index >= 15 is 0 Å². The van der Waals surface area contributed by atoms with Crippen molar-refractivity contribution in [1.29, 1.82) is 0 Å². The Morgan fingerprint density at radius 3 is 2.43 bits per heavy atom. The molecule has 10 heteroatoms. The SMILES string of the molecule is O=C(Oc1nsnc1-c1c(Cl)cccc1Cl)N(CS)CS. The maximum atomic E-state index is 11.9. The third-order valence-electron chi connectivity index (χ3n) is 2.44. The molecule has 0 radical (unpaired) electrons. The molecular weight excluding hydrogens is 373 g/mol. The molecule has 5 nitrogen and oxygen atoms in total. The Hall–Kier alpha value is -0.670. The quantitative estimate of drug-likeness (QED) is 0.618. The van der Waals surface area contributed by atoms with Crippen LogP contribution in [0.5, 0.6) is 5.88 Å². The molecule has 2 rings (SSSR count). The van der Waals surface area contributed by atoms with Gasteiger partial charge in [0.25, 0.3) is 5.88 Å². The van der Waals surface area contributed by atoms with Gasteiger partial charge in [0.15, 0.2) is 5.69 Å². The monoisotopic (exact) mass is 381 g/mol. The van der Waals surface area contributed by atoms with Gasteiger partial charge < -0.3 is 4.74 Å². The maximum Gasteiger partial charge on any atom is 0.418 e. The van der Waals surface area contributed by atoms with Crippen molar-refractivity contribution >= 4 is 66.3 Å². The molecule has 0 saturated heterocycles. The summed E-state index contributed by atoms with van der Waals surface area (Å²) in [6.45, 7) is 0. The number of thiol groups is 2. The summed E-state index contributed by atoms with van der Waals surface area (Å²) in [5.41, 5.74) is 0.794. The van der Waals surface area contributed by atoms with Crippen molar-refractivity contribution in [2.24, 2.45) is 0 Å². The van der Waals surface area contributed by atoms with Gasteiger partial charge in [-0.1, -0.05) is 29.3 Å². The van der Waals surface area contributed by atoms with E-state index in [9.17, 15) is 4.79 Å². The predicted octanol–water partition coefficient (Wildman–Crippen LogP) is 4.09. The van der Waals surface area contributed by atoms with Crippen LogP contribution in [0, 0.1) is 0 Å². The van der Waals surface area contributed by atoms with Gasteiger partial charge in [-0.2, -0.15) is 29.6 Å². The fourth-order valence-electron chi connectivity index (χ4n) is 1.43. The summed E-state index contributed by atoms with van der Waals surface area (Å²) in [4.78, 5) is 13.2. The van der Waals surface area contributed by atoms with Crippen molar-refractivity contribution in [2.75, 3.05) is 11.8 Å². The van der Waals surface area contributed by atoms with Gasteiger partial charge in [0.1, 0.15) is 0 Å². The van der Waals surface area contributed by atoms with Gasteiger partial charge in [-0.3, -0.25) is 4.90 Å². The third-order valence-corrected chi connectivity index (χ3v) is 4.27. The number of benzene rings is 1. The Kier molecular flexibility index (Phi) is 6.00. The predicted molar refractivity (Wildman–Crippen MR) is 90.9 cm³/mol. The summed E-state index contributed by atoms with van der Waals surface area (Å²) < 4.78 is 13.3. The molecule has 2 aromatic rings. The van der Waals surface area contributed by atoms with Gasteiger partial charge in [-0.25, -0.2) is 4.79 Å². The van der Waals surface area contributed by atoms with Crippen LogP contribution in [0.4, 0.5) is 4.79 Å². The highest BCUT2D eigenvalue weighted by atomic mass is 35.5. The van der Waals surface area contributed by atoms with Gasteiger partial charge in [-0.05, 0) is 12.1 Å². The van der Waals surface area contributed by atoms with Crippen molar-refractivity contribution in [3.05, 3.63) is 28.2 Å². The summed E-state index contributed by atoms with van der Waals surface area (Å²) in [5, 5.41) is 0.792. The van der Waals surface area contributed by atoms with E-state index in [1.165, 1.54) is 4.90 Å². The molecule has 1 aromatic carbocycles. The second kappa shape index (κ2) is 7.55. The van der Waals surface area contributed by atoms with Crippen LogP contribution >= 0.6 is 60.2 Å². The standard InChI is InChI=1S/C11H9Cl2N3O2S3/c12-6-2-1-3-7(13)8(6)9-10(15-21-14-9)18-11(17)16(4-19)5-20/h1-3,19-20H,4-5H2. The van der Waals surface area contributed by atoms with Crippen molar-refractivity contribution < 1.29 is 9.53 Å². The molecule has 0 aliphatic heterocycles. The molecule has 0 fully saturated rings. The molecule has 0 atom stereocenters. The number of hydrogen-bond acceptors (Lipinski definition) is 7. The Morgan fingerprint density at radius 2 is 1.86 bits per heavy atom. The lowest BCUT2D eigenvalue weighted by Crippen LogP contribution is -2.31. The first-order valence-electron chi connectivity index (χ1n) is 5.54. The van der Waals surface area contributed by atoms with E-state index in [1.54, 1.807) is 18.2 Å². The van der Waals surface area contributed by atoms with Crippen LogP contribution in [0.2, 0.25) is 10.0 Å². The lowest BCUT2D eigenvalue weighted by atomic mass is 10.1. The summed E-state index contributed by atoms with van der Waals surface area (Å²) in [5.74, 6) is 0.387. The highest BCUT2D eigenvalue weighted by Crippen LogP contribution is 2.38. The number of rotatable bonds is 4. The zero-order chi connectivity index (χ0) is 15.4. The zero-order valence-corrected chi connectivity index (χ0v) is 14.5. The average molecular weight is 382 g/mol. The topological polar surface area (TPSA) is 55.3 Å². The molecule has 1 amide bonds. The fourth-order valence-corrected chi connectivity index (χ4v) is 3.09. The number of ether oxygens (including phenoxy) is 1. The zero-order valence-electron chi connectivity index (χ0n) is 10.4. The Balaban J connectivity index is 2.33. The molecule has 1 heterocycles. The van der Waals surface area contributed by atoms with Crippen molar-refractivity contribution in [2.45, 2.75) is 0 Å². The summed E-state index contributed by atoms with van der Waals surface area (Å²) >= 11 is 21.2. The van der Waals surface area contributed by atoms with Crippen LogP contribution in [0.25, 0.3) is 11.3 Å². The van der Waals surface area contributed by atoms with E-state index < -0.39 is 6.09 Å². The number of aromatic nitrogens is 2. The summed E-state index contributed by atoms with van der Waals surface area (Å²) in [6.07, 6.45) is -0.628. The fraction of sp³-hybridized carbons (Fsp3) is 0.182. The van der Waals surface area contributed by atoms with Gasteiger partial charge in [-0.15, -0.1) is 4.37 Å². The van der Waals surface area contributed by atoms with Gasteiger partial charge in [0.2, 0.25) is 0 Å². The Bertz CT molecular complexity index is 629. The second-order valence-corrected chi connectivity index (χ2v) is 5.61. The Morgan fingerprint density at radius 1 is 1.24 bits per heavy atom. The first-order valence-corrected chi connectivity index (χ1v) is 8.29. The number of halogens is 2. The Labute approximate surface area is 146 Å². The lowest BCUT2D eigenvalue weighted by Gasteiger charge is -2.16. The highest BCUT2D eigenvalue weighted by molar-refractivity contribution is 7.81. The number of nitrogens with zero attached hydrogens (tertiary/aromatic N) is 3. The molecular formula is C11H9Cl2N3O2S3. The van der Waals surface area contributed by atoms with E-state index in [1.807, 2.05) is 0 Å². The second-order valence-electron chi connectivity index (χ2n) is 3.71. The van der Waals surface area contributed by atoms with Crippen LogP contribution in [0.3, 0.4) is 0 Å². The first-order chi connectivity index (χ1) is 10.1. The van der Waals surface area contributed by atoms with Crippen molar-refractivity contribution in [3.63, 3.8) is 0 Å². The van der Waals surface area contributed by atoms with Crippen LogP contribution in [0.15, 0.2) is 18.2 Å². The minimum Gasteiger partial charge on any atom is -0.388 e. The molecule has 21 heavy (non-hydrogen) atoms. The van der Waals surface area contributed by atoms with E-state index in [0.29, 0.717) is 21.3 Å². The van der Waals surface area contributed by atoms with Gasteiger partial charge in [0.05, 0.1) is 33.5 Å². The number of carbonyl (C=O) groups excluding carboxylic acids is 1. The largest absolute Gasteiger partial charge is 0.418 e. The molecule has 0 bridgehead atoms. The molecule has 0 spiro atoms. The van der Waals surface area contributed by atoms with Crippen LogP contribution < -0.4 is 4.74 Å². The average Bonchev–Trinajstić information content (AvgIpc) is 2.88. The first kappa shape index (κ1) is 16.7. The maximum absolute atomic E-state index is 11.9. The molecule has 0 aliphatic rings. The van der Waals surface area contributed by atoms with Gasteiger partial charge in [0, 0.05) is 5.56 Å². The van der Waals surface area contributed by atoms with Gasteiger partial charge >= 0.3 is 6.09 Å². The minimum absolute atomic E-state index is 0.0496. The summed E-state index contributed by atoms with van der Waals surface area (Å²) in [6, 6.07) is 5.05. The molecule has 0 saturated carbocycles. The number of carbonyl (C=O) groups is 1. The molecule has 0 N–H and O–H groups in total. The van der Waals surface area contributed by atoms with E-state index in [2.05, 4.69) is 34.0 Å². The molecule has 1 aromatic heterocycles. The van der Waals surface area contributed by atoms with Crippen LogP contribution in [-0.4, -0.2) is 31.5 Å². The minimum atomic E-state index is -0.628. The highest BCUT2D eigenvalue weighted by Gasteiger charge is 2.22. The third kappa shape index (κ3) is 3.75. The smallest absolute Gasteiger partial charge is 0.388 e. The van der Waals surface area contributed by atoms with Crippen molar-refractivity contribution in [1.82, 2.24) is 13.6 Å². The number of hydrogen-bond donors (Lipinski definition) is 2. The van der Waals surface area contributed by atoms with E-state index in [0.717, 1.165) is 11.7 Å². The molecule has 0 unspecified atom stereocenters. The van der Waals surface area contributed by atoms with E-state index in [-0.39, 0.29) is 17.6 Å². The van der Waals surface area contributed by atoms with Crippen LogP contribution in [-0.2, 0) is 0 Å². The number of amides is 1. The molecule has 0 aliphatic carbocycles. The van der Waals surface area contributed by atoms with E-state index in [4.69, 9.17) is 27.9 Å².